The van der Waals surface area contributed by atoms with Crippen LogP contribution in [0.1, 0.15) is 44.4 Å². The predicted molar refractivity (Wildman–Crippen MR) is 69.4 cm³/mol. The molecule has 3 rings (SSSR count). The molecule has 1 saturated heterocycles. The Morgan fingerprint density at radius 3 is 2.89 bits per heavy atom. The van der Waals surface area contributed by atoms with Crippen molar-refractivity contribution in [2.24, 2.45) is 11.7 Å². The van der Waals surface area contributed by atoms with Gasteiger partial charge in [0.2, 0.25) is 5.89 Å². The van der Waals surface area contributed by atoms with Gasteiger partial charge in [-0.2, -0.15) is 0 Å². The molecule has 1 aromatic rings. The Morgan fingerprint density at radius 1 is 1.17 bits per heavy atom. The second kappa shape index (κ2) is 5.26. The average molecular weight is 250 g/mol. The lowest BCUT2D eigenvalue weighted by Crippen LogP contribution is -2.47. The van der Waals surface area contributed by atoms with Crippen molar-refractivity contribution in [3.8, 4) is 0 Å². The predicted octanol–water partition coefficient (Wildman–Crippen LogP) is 1.73. The van der Waals surface area contributed by atoms with Crippen molar-refractivity contribution in [3.63, 3.8) is 0 Å². The normalized spacial score (nSPS) is 28.2. The van der Waals surface area contributed by atoms with E-state index in [0.29, 0.717) is 24.9 Å². The van der Waals surface area contributed by atoms with E-state index in [1.165, 1.54) is 38.5 Å². The largest absolute Gasteiger partial charge is 0.408 e. The first-order chi connectivity index (χ1) is 8.88. The Bertz CT molecular complexity index is 390. The molecule has 0 amide bonds. The smallest absolute Gasteiger partial charge is 0.318 e. The number of fused-ring (bicyclic) bond motifs is 1. The van der Waals surface area contributed by atoms with E-state index in [1.807, 2.05) is 0 Å². The van der Waals surface area contributed by atoms with E-state index in [-0.39, 0.29) is 0 Å². The summed E-state index contributed by atoms with van der Waals surface area (Å²) in [4.78, 5) is 2.35. The Kier molecular flexibility index (Phi) is 3.50. The number of hydrogen-bond acceptors (Lipinski definition) is 5. The Hall–Kier alpha value is -1.10. The minimum absolute atomic E-state index is 0.563. The van der Waals surface area contributed by atoms with Crippen molar-refractivity contribution in [1.29, 1.82) is 0 Å². The van der Waals surface area contributed by atoms with Crippen LogP contribution in [0.3, 0.4) is 0 Å². The fraction of sp³-hybridized carbons (Fsp3) is 0.846. The van der Waals surface area contributed by atoms with Gasteiger partial charge in [-0.25, -0.2) is 0 Å². The van der Waals surface area contributed by atoms with Crippen LogP contribution in [0.4, 0.5) is 6.01 Å². The van der Waals surface area contributed by atoms with Gasteiger partial charge in [-0.15, -0.1) is 5.10 Å². The van der Waals surface area contributed by atoms with Crippen LogP contribution in [0.5, 0.6) is 0 Å². The standard InChI is InChI=1S/C13H22N4O/c14-8-7-12-15-16-13(18-12)17-9-3-5-10-4-1-2-6-11(10)17/h10-11H,1-9,14H2/t10-,11-/m1/s1. The fourth-order valence-corrected chi connectivity index (χ4v) is 3.45. The lowest BCUT2D eigenvalue weighted by atomic mass is 9.78. The Labute approximate surface area is 108 Å². The van der Waals surface area contributed by atoms with Crippen LogP contribution in [0.25, 0.3) is 0 Å². The maximum Gasteiger partial charge on any atom is 0.318 e. The zero-order chi connectivity index (χ0) is 12.4. The monoisotopic (exact) mass is 250 g/mol. The van der Waals surface area contributed by atoms with E-state index in [9.17, 15) is 0 Å². The van der Waals surface area contributed by atoms with Crippen LogP contribution in [-0.2, 0) is 6.42 Å². The summed E-state index contributed by atoms with van der Waals surface area (Å²) in [7, 11) is 0. The summed E-state index contributed by atoms with van der Waals surface area (Å²) in [6.45, 7) is 1.62. The van der Waals surface area contributed by atoms with Crippen molar-refractivity contribution in [2.45, 2.75) is 51.0 Å². The molecule has 18 heavy (non-hydrogen) atoms. The van der Waals surface area contributed by atoms with Gasteiger partial charge in [-0.3, -0.25) is 0 Å². The van der Waals surface area contributed by atoms with E-state index in [2.05, 4.69) is 15.1 Å². The van der Waals surface area contributed by atoms with Crippen LogP contribution < -0.4 is 10.6 Å². The van der Waals surface area contributed by atoms with E-state index < -0.39 is 0 Å². The van der Waals surface area contributed by atoms with Crippen LogP contribution in [0.2, 0.25) is 0 Å². The maximum atomic E-state index is 5.74. The fourth-order valence-electron chi connectivity index (χ4n) is 3.45. The number of piperidine rings is 1. The van der Waals surface area contributed by atoms with Crippen molar-refractivity contribution < 1.29 is 4.42 Å². The third kappa shape index (κ3) is 2.23. The topological polar surface area (TPSA) is 68.2 Å². The summed E-state index contributed by atoms with van der Waals surface area (Å²) in [6.07, 6.45) is 8.65. The number of hydrogen-bond donors (Lipinski definition) is 1. The van der Waals surface area contributed by atoms with Crippen molar-refractivity contribution in [3.05, 3.63) is 5.89 Å². The molecule has 2 atom stereocenters. The van der Waals surface area contributed by atoms with Gasteiger partial charge in [0.25, 0.3) is 0 Å². The van der Waals surface area contributed by atoms with Gasteiger partial charge in [-0.05, 0) is 31.6 Å². The van der Waals surface area contributed by atoms with Crippen LogP contribution in [0, 0.1) is 5.92 Å². The second-order valence-corrected chi connectivity index (χ2v) is 5.46. The first kappa shape index (κ1) is 12.0. The summed E-state index contributed by atoms with van der Waals surface area (Å²) < 4.78 is 5.74. The molecule has 0 bridgehead atoms. The van der Waals surface area contributed by atoms with Gasteiger partial charge in [0, 0.05) is 25.6 Å². The highest BCUT2D eigenvalue weighted by Crippen LogP contribution is 2.37. The van der Waals surface area contributed by atoms with Crippen molar-refractivity contribution >= 4 is 6.01 Å². The zero-order valence-corrected chi connectivity index (χ0v) is 10.8. The third-order valence-corrected chi connectivity index (χ3v) is 4.30. The molecule has 1 aromatic heterocycles. The van der Waals surface area contributed by atoms with Gasteiger partial charge in [0.1, 0.15) is 0 Å². The molecule has 0 aromatic carbocycles. The third-order valence-electron chi connectivity index (χ3n) is 4.30. The van der Waals surface area contributed by atoms with Gasteiger partial charge < -0.3 is 15.1 Å². The Balaban J connectivity index is 1.76. The minimum Gasteiger partial charge on any atom is -0.408 e. The summed E-state index contributed by atoms with van der Waals surface area (Å²) >= 11 is 0. The number of aromatic nitrogens is 2. The van der Waals surface area contributed by atoms with Crippen LogP contribution in [0.15, 0.2) is 4.42 Å². The summed E-state index contributed by atoms with van der Waals surface area (Å²) in [6, 6.07) is 1.34. The molecule has 5 nitrogen and oxygen atoms in total. The number of nitrogens with zero attached hydrogens (tertiary/aromatic N) is 3. The molecule has 0 radical (unpaired) electrons. The first-order valence-electron chi connectivity index (χ1n) is 7.17. The Morgan fingerprint density at radius 2 is 2.00 bits per heavy atom. The van der Waals surface area contributed by atoms with Crippen molar-refractivity contribution in [1.82, 2.24) is 10.2 Å². The van der Waals surface area contributed by atoms with E-state index in [0.717, 1.165) is 18.5 Å². The number of anilines is 1. The molecule has 2 heterocycles. The van der Waals surface area contributed by atoms with Crippen LogP contribution in [-0.4, -0.2) is 29.3 Å². The molecule has 0 spiro atoms. The van der Waals surface area contributed by atoms with Gasteiger partial charge >= 0.3 is 6.01 Å². The molecular formula is C13H22N4O. The summed E-state index contributed by atoms with van der Waals surface area (Å²) in [5, 5.41) is 8.28. The molecule has 2 fully saturated rings. The maximum absolute atomic E-state index is 5.74. The number of nitrogens with two attached hydrogens (primary N) is 1. The zero-order valence-electron chi connectivity index (χ0n) is 10.8. The molecule has 1 aliphatic heterocycles. The summed E-state index contributed by atoms with van der Waals surface area (Å²) in [5.41, 5.74) is 5.51. The van der Waals surface area contributed by atoms with Gasteiger partial charge in [0.15, 0.2) is 0 Å². The number of rotatable bonds is 3. The van der Waals surface area contributed by atoms with Gasteiger partial charge in [0.05, 0.1) is 0 Å². The first-order valence-corrected chi connectivity index (χ1v) is 7.17. The quantitative estimate of drug-likeness (QED) is 0.884. The lowest BCUT2D eigenvalue weighted by molar-refractivity contribution is 0.234. The lowest BCUT2D eigenvalue weighted by Gasteiger charge is -2.43. The molecular weight excluding hydrogens is 228 g/mol. The highest BCUT2D eigenvalue weighted by molar-refractivity contribution is 5.28. The highest BCUT2D eigenvalue weighted by Gasteiger charge is 2.35. The SMILES string of the molecule is NCCc1nnc(N2CCC[C@H]3CCCC[C@H]32)o1. The summed E-state index contributed by atoms with van der Waals surface area (Å²) in [5.74, 6) is 1.50. The second-order valence-electron chi connectivity index (χ2n) is 5.46. The molecule has 1 aliphatic carbocycles. The van der Waals surface area contributed by atoms with E-state index in [4.69, 9.17) is 10.2 Å². The molecule has 5 heteroatoms. The van der Waals surface area contributed by atoms with E-state index in [1.54, 1.807) is 0 Å². The van der Waals surface area contributed by atoms with E-state index >= 15 is 0 Å². The highest BCUT2D eigenvalue weighted by atomic mass is 16.4. The van der Waals surface area contributed by atoms with Crippen LogP contribution >= 0.6 is 0 Å². The average Bonchev–Trinajstić information content (AvgIpc) is 2.87. The van der Waals surface area contributed by atoms with Gasteiger partial charge in [-0.1, -0.05) is 17.9 Å². The molecule has 1 saturated carbocycles. The molecule has 0 unspecified atom stereocenters. The minimum atomic E-state index is 0.563. The molecule has 100 valence electrons. The molecule has 2 N–H and O–H groups in total. The van der Waals surface area contributed by atoms with Crippen molar-refractivity contribution in [2.75, 3.05) is 18.0 Å². The molecule has 2 aliphatic rings.